The van der Waals surface area contributed by atoms with E-state index in [-0.39, 0.29) is 11.9 Å². The van der Waals surface area contributed by atoms with E-state index in [9.17, 15) is 5.11 Å². The van der Waals surface area contributed by atoms with Gasteiger partial charge in [-0.1, -0.05) is 155 Å². The maximum absolute atomic E-state index is 11.5. The SMILES string of the molecule is CC(C)[Si](CC1Cc2cc(C(c3ccccc3)(c3ccccc3)c3ccccc3)cc(O)c2O1)(C(C)C)C(C)C. The van der Waals surface area contributed by atoms with Crippen LogP contribution in [0, 0.1) is 0 Å². The summed E-state index contributed by atoms with van der Waals surface area (Å²) in [4.78, 5) is 0. The van der Waals surface area contributed by atoms with Crippen LogP contribution in [0.4, 0.5) is 0 Å². The first-order valence-electron chi connectivity index (χ1n) is 14.9. The first-order chi connectivity index (χ1) is 19.2. The Balaban J connectivity index is 1.66. The van der Waals surface area contributed by atoms with Crippen molar-refractivity contribution in [1.29, 1.82) is 0 Å². The Labute approximate surface area is 242 Å². The molecule has 1 aliphatic rings. The largest absolute Gasteiger partial charge is 0.504 e. The van der Waals surface area contributed by atoms with Crippen LogP contribution >= 0.6 is 0 Å². The molecule has 4 aromatic carbocycles. The van der Waals surface area contributed by atoms with Gasteiger partial charge in [0.25, 0.3) is 0 Å². The minimum absolute atomic E-state index is 0.106. The second kappa shape index (κ2) is 11.3. The minimum Gasteiger partial charge on any atom is -0.504 e. The van der Waals surface area contributed by atoms with Gasteiger partial charge in [0.2, 0.25) is 0 Å². The molecule has 0 spiro atoms. The van der Waals surface area contributed by atoms with E-state index in [4.69, 9.17) is 4.74 Å². The van der Waals surface area contributed by atoms with Gasteiger partial charge in [-0.25, -0.2) is 0 Å². The Kier molecular flexibility index (Phi) is 7.97. The molecule has 1 N–H and O–H groups in total. The topological polar surface area (TPSA) is 29.5 Å². The quantitative estimate of drug-likeness (QED) is 0.167. The number of phenolic OH excluding ortho intramolecular Hbond substituents is 1. The maximum Gasteiger partial charge on any atom is 0.164 e. The zero-order valence-corrected chi connectivity index (χ0v) is 25.9. The Morgan fingerprint density at radius 3 is 1.50 bits per heavy atom. The van der Waals surface area contributed by atoms with E-state index in [2.05, 4.69) is 139 Å². The van der Waals surface area contributed by atoms with E-state index in [1.807, 2.05) is 6.07 Å². The fraction of sp³-hybridized carbons (Fsp3) is 0.351. The Morgan fingerprint density at radius 2 is 1.10 bits per heavy atom. The highest BCUT2D eigenvalue weighted by molar-refractivity contribution is 6.83. The van der Waals surface area contributed by atoms with Crippen molar-refractivity contribution in [3.63, 3.8) is 0 Å². The van der Waals surface area contributed by atoms with E-state index in [1.165, 1.54) is 16.7 Å². The van der Waals surface area contributed by atoms with Gasteiger partial charge in [-0.2, -0.15) is 0 Å². The van der Waals surface area contributed by atoms with Gasteiger partial charge >= 0.3 is 0 Å². The van der Waals surface area contributed by atoms with Crippen molar-refractivity contribution < 1.29 is 9.84 Å². The molecule has 1 heterocycles. The van der Waals surface area contributed by atoms with Gasteiger partial charge in [0, 0.05) is 12.0 Å². The summed E-state index contributed by atoms with van der Waals surface area (Å²) in [5, 5.41) is 11.5. The average molecular weight is 549 g/mol. The van der Waals surface area contributed by atoms with Gasteiger partial charge in [-0.15, -0.1) is 0 Å². The molecule has 0 saturated heterocycles. The second-order valence-electron chi connectivity index (χ2n) is 12.6. The molecule has 0 amide bonds. The van der Waals surface area contributed by atoms with Crippen LogP contribution in [0.15, 0.2) is 103 Å². The number of rotatable bonds is 9. The molecule has 0 fully saturated rings. The van der Waals surface area contributed by atoms with Crippen molar-refractivity contribution in [3.05, 3.63) is 131 Å². The fourth-order valence-electron chi connectivity index (χ4n) is 7.91. The lowest BCUT2D eigenvalue weighted by atomic mass is 9.65. The lowest BCUT2D eigenvalue weighted by molar-refractivity contribution is 0.241. The number of aromatic hydroxyl groups is 1. The third-order valence-corrected chi connectivity index (χ3v) is 17.3. The van der Waals surface area contributed by atoms with Crippen molar-refractivity contribution in [2.45, 2.75) is 82.1 Å². The van der Waals surface area contributed by atoms with Crippen molar-refractivity contribution in [1.82, 2.24) is 0 Å². The lowest BCUT2D eigenvalue weighted by Crippen LogP contribution is -2.47. The standard InChI is InChI=1S/C37H44O2Si/c1-26(2)40(27(3)4,28(5)6)25-34-23-29-22-33(24-35(38)36(29)39-34)37(30-16-10-7-11-17-30,31-18-12-8-13-19-31)32-20-14-9-15-21-32/h7-22,24,26-28,34,38H,23,25H2,1-6H3. The molecule has 1 unspecified atom stereocenters. The predicted molar refractivity (Wildman–Crippen MR) is 170 cm³/mol. The zero-order valence-electron chi connectivity index (χ0n) is 24.9. The van der Waals surface area contributed by atoms with E-state index < -0.39 is 13.5 Å². The van der Waals surface area contributed by atoms with Crippen LogP contribution in [0.1, 0.15) is 69.4 Å². The minimum atomic E-state index is -1.66. The molecule has 0 aromatic heterocycles. The van der Waals surface area contributed by atoms with Gasteiger partial charge in [-0.05, 0) is 34.4 Å². The molecule has 0 radical (unpaired) electrons. The van der Waals surface area contributed by atoms with Gasteiger partial charge < -0.3 is 9.84 Å². The van der Waals surface area contributed by atoms with Gasteiger partial charge in [0.15, 0.2) is 11.5 Å². The number of ether oxygens (including phenoxy) is 1. The normalized spacial score (nSPS) is 15.5. The molecular weight excluding hydrogens is 504 g/mol. The number of hydrogen-bond acceptors (Lipinski definition) is 2. The highest BCUT2D eigenvalue weighted by atomic mass is 28.3. The van der Waals surface area contributed by atoms with Crippen molar-refractivity contribution >= 4 is 8.07 Å². The molecule has 208 valence electrons. The molecule has 1 atom stereocenters. The Morgan fingerprint density at radius 1 is 0.675 bits per heavy atom. The van der Waals surface area contributed by atoms with Crippen LogP contribution in [0.3, 0.4) is 0 Å². The van der Waals surface area contributed by atoms with Crippen LogP contribution in [0.5, 0.6) is 11.5 Å². The maximum atomic E-state index is 11.5. The molecule has 0 aliphatic carbocycles. The van der Waals surface area contributed by atoms with Crippen LogP contribution in [0.2, 0.25) is 22.7 Å². The highest BCUT2D eigenvalue weighted by Gasteiger charge is 2.46. The van der Waals surface area contributed by atoms with E-state index >= 15 is 0 Å². The van der Waals surface area contributed by atoms with Gasteiger partial charge in [-0.3, -0.25) is 0 Å². The van der Waals surface area contributed by atoms with Crippen LogP contribution in [-0.2, 0) is 11.8 Å². The third kappa shape index (κ3) is 4.69. The van der Waals surface area contributed by atoms with Crippen LogP contribution < -0.4 is 4.74 Å². The summed E-state index contributed by atoms with van der Waals surface area (Å²) in [6, 6.07) is 37.5. The molecule has 3 heteroatoms. The first kappa shape index (κ1) is 28.2. The van der Waals surface area contributed by atoms with Crippen LogP contribution in [-0.4, -0.2) is 19.3 Å². The lowest BCUT2D eigenvalue weighted by Gasteiger charge is -2.44. The zero-order chi connectivity index (χ0) is 28.5. The summed E-state index contributed by atoms with van der Waals surface area (Å²) in [6.07, 6.45) is 0.945. The Bertz CT molecular complexity index is 1290. The average Bonchev–Trinajstić information content (AvgIpc) is 3.37. The third-order valence-electron chi connectivity index (χ3n) is 9.74. The van der Waals surface area contributed by atoms with E-state index in [0.717, 1.165) is 23.6 Å². The second-order valence-corrected chi connectivity index (χ2v) is 18.7. The highest BCUT2D eigenvalue weighted by Crippen LogP contribution is 2.51. The molecular formula is C37H44O2Si. The summed E-state index contributed by atoms with van der Waals surface area (Å²) < 4.78 is 6.61. The summed E-state index contributed by atoms with van der Waals surface area (Å²) in [5.74, 6) is 0.920. The number of fused-ring (bicyclic) bond motifs is 1. The number of benzene rings is 4. The molecule has 1 aliphatic heterocycles. The summed E-state index contributed by atoms with van der Waals surface area (Å²) in [5.41, 5.74) is 7.14. The monoisotopic (exact) mass is 548 g/mol. The molecule has 0 bridgehead atoms. The summed E-state index contributed by atoms with van der Waals surface area (Å²) in [7, 11) is -1.66. The summed E-state index contributed by atoms with van der Waals surface area (Å²) in [6.45, 7) is 14.5. The van der Waals surface area contributed by atoms with Gasteiger partial charge in [0.1, 0.15) is 6.10 Å². The van der Waals surface area contributed by atoms with Crippen molar-refractivity contribution in [2.24, 2.45) is 0 Å². The predicted octanol–water partition coefficient (Wildman–Crippen LogP) is 9.76. The smallest absolute Gasteiger partial charge is 0.164 e. The van der Waals surface area contributed by atoms with E-state index in [0.29, 0.717) is 22.4 Å². The molecule has 40 heavy (non-hydrogen) atoms. The fourth-order valence-corrected chi connectivity index (χ4v) is 14.3. The summed E-state index contributed by atoms with van der Waals surface area (Å²) >= 11 is 0. The Hall–Kier alpha value is -3.30. The van der Waals surface area contributed by atoms with Gasteiger partial charge in [0.05, 0.1) is 13.5 Å². The van der Waals surface area contributed by atoms with Crippen molar-refractivity contribution in [2.75, 3.05) is 0 Å². The van der Waals surface area contributed by atoms with E-state index in [1.54, 1.807) is 0 Å². The van der Waals surface area contributed by atoms with Crippen LogP contribution in [0.25, 0.3) is 0 Å². The first-order valence-corrected chi connectivity index (χ1v) is 17.3. The van der Waals surface area contributed by atoms with Crippen molar-refractivity contribution in [3.8, 4) is 11.5 Å². The molecule has 5 rings (SSSR count). The number of phenols is 1. The molecule has 4 aromatic rings. The number of hydrogen-bond donors (Lipinski definition) is 1. The molecule has 2 nitrogen and oxygen atoms in total. The molecule has 0 saturated carbocycles.